The highest BCUT2D eigenvalue weighted by Gasteiger charge is 2.47. The Morgan fingerprint density at radius 2 is 1.82 bits per heavy atom. The van der Waals surface area contributed by atoms with Crippen LogP contribution in [0.25, 0.3) is 5.76 Å². The fourth-order valence-corrected chi connectivity index (χ4v) is 4.24. The lowest BCUT2D eigenvalue weighted by molar-refractivity contribution is -0.132. The number of amides is 1. The molecule has 6 nitrogen and oxygen atoms in total. The number of ketones is 1. The first-order chi connectivity index (χ1) is 16.2. The predicted octanol–water partition coefficient (Wildman–Crippen LogP) is 5.29. The summed E-state index contributed by atoms with van der Waals surface area (Å²) in [6.07, 6.45) is 1.55. The van der Waals surface area contributed by atoms with Crippen LogP contribution in [0.15, 0.2) is 66.4 Å². The number of hydrogen-bond donors (Lipinski definition) is 1. The highest BCUT2D eigenvalue weighted by atomic mass is 19.1. The number of halogens is 1. The van der Waals surface area contributed by atoms with Crippen LogP contribution in [-0.4, -0.2) is 28.9 Å². The van der Waals surface area contributed by atoms with Crippen molar-refractivity contribution < 1.29 is 23.8 Å². The van der Waals surface area contributed by atoms with Crippen molar-refractivity contribution in [2.45, 2.75) is 32.7 Å². The van der Waals surface area contributed by atoms with Crippen molar-refractivity contribution in [2.24, 2.45) is 0 Å². The Morgan fingerprint density at radius 1 is 1.12 bits per heavy atom. The van der Waals surface area contributed by atoms with Crippen LogP contribution >= 0.6 is 0 Å². The number of carbonyl (C=O) groups is 2. The fourth-order valence-electron chi connectivity index (χ4n) is 4.24. The van der Waals surface area contributed by atoms with Gasteiger partial charge in [0.25, 0.3) is 11.7 Å². The van der Waals surface area contributed by atoms with Gasteiger partial charge in [-0.3, -0.25) is 19.5 Å². The molecule has 0 saturated carbocycles. The van der Waals surface area contributed by atoms with Gasteiger partial charge in [-0.15, -0.1) is 0 Å². The standard InChI is InChI=1S/C27H25FN2O4/c1-15(2)19-14-20(16(3)13-22(19)34-4)25(31)23-24(21-7-5-6-12-29-21)30(27(33)26(23)32)18-10-8-17(28)9-11-18/h5-15,24,31H,1-4H3/b25-23+. The lowest BCUT2D eigenvalue weighted by Gasteiger charge is -2.25. The molecule has 2 aromatic carbocycles. The maximum Gasteiger partial charge on any atom is 0.300 e. The molecule has 1 fully saturated rings. The molecule has 0 aliphatic carbocycles. The molecule has 2 heterocycles. The summed E-state index contributed by atoms with van der Waals surface area (Å²) in [5.74, 6) is -1.64. The van der Waals surface area contributed by atoms with Gasteiger partial charge in [0.2, 0.25) is 0 Å². The Labute approximate surface area is 197 Å². The largest absolute Gasteiger partial charge is 0.507 e. The van der Waals surface area contributed by atoms with Gasteiger partial charge in [0.15, 0.2) is 0 Å². The van der Waals surface area contributed by atoms with Crippen molar-refractivity contribution in [3.8, 4) is 5.75 Å². The Bertz CT molecular complexity index is 1280. The number of aromatic nitrogens is 1. The van der Waals surface area contributed by atoms with Gasteiger partial charge in [-0.25, -0.2) is 4.39 Å². The van der Waals surface area contributed by atoms with Gasteiger partial charge in [-0.1, -0.05) is 19.9 Å². The van der Waals surface area contributed by atoms with Gasteiger partial charge in [0, 0.05) is 17.4 Å². The summed E-state index contributed by atoms with van der Waals surface area (Å²) in [5.41, 5.74) is 2.64. The molecule has 4 rings (SSSR count). The number of rotatable bonds is 5. The van der Waals surface area contributed by atoms with Gasteiger partial charge in [-0.05, 0) is 72.5 Å². The molecule has 0 bridgehead atoms. The monoisotopic (exact) mass is 460 g/mol. The second-order valence-electron chi connectivity index (χ2n) is 8.46. The summed E-state index contributed by atoms with van der Waals surface area (Å²) in [4.78, 5) is 32.1. The van der Waals surface area contributed by atoms with E-state index < -0.39 is 23.5 Å². The number of anilines is 1. The lowest BCUT2D eigenvalue weighted by Crippen LogP contribution is -2.29. The summed E-state index contributed by atoms with van der Waals surface area (Å²) in [5, 5.41) is 11.5. The van der Waals surface area contributed by atoms with Crippen molar-refractivity contribution in [2.75, 3.05) is 12.0 Å². The SMILES string of the molecule is COc1cc(C)c(/C(O)=C2\C(=O)C(=O)N(c3ccc(F)cc3)C2c2ccccn2)cc1C(C)C. The first kappa shape index (κ1) is 23.2. The molecule has 34 heavy (non-hydrogen) atoms. The second kappa shape index (κ2) is 9.09. The van der Waals surface area contributed by atoms with Crippen LogP contribution in [0.2, 0.25) is 0 Å². The van der Waals surface area contributed by atoms with E-state index in [1.165, 1.54) is 29.2 Å². The Balaban J connectivity index is 1.97. The smallest absolute Gasteiger partial charge is 0.300 e. The van der Waals surface area contributed by atoms with E-state index in [-0.39, 0.29) is 17.3 Å². The number of methoxy groups -OCH3 is 1. The van der Waals surface area contributed by atoms with Gasteiger partial charge in [-0.2, -0.15) is 0 Å². The molecule has 1 N–H and O–H groups in total. The van der Waals surface area contributed by atoms with E-state index in [1.54, 1.807) is 50.6 Å². The van der Waals surface area contributed by atoms with Crippen LogP contribution in [0.5, 0.6) is 5.75 Å². The Hall–Kier alpha value is -4.00. The Kier molecular flexibility index (Phi) is 6.20. The zero-order valence-corrected chi connectivity index (χ0v) is 19.4. The molecule has 3 aromatic rings. The van der Waals surface area contributed by atoms with Crippen LogP contribution < -0.4 is 9.64 Å². The molecule has 1 aromatic heterocycles. The van der Waals surface area contributed by atoms with Gasteiger partial charge in [0.1, 0.15) is 23.4 Å². The molecule has 174 valence electrons. The normalized spacial score (nSPS) is 17.5. The minimum absolute atomic E-state index is 0.0732. The fraction of sp³-hybridized carbons (Fsp3) is 0.222. The summed E-state index contributed by atoms with van der Waals surface area (Å²) < 4.78 is 19.1. The van der Waals surface area contributed by atoms with Crippen LogP contribution in [0, 0.1) is 12.7 Å². The number of aryl methyl sites for hydroxylation is 1. The summed E-state index contributed by atoms with van der Waals surface area (Å²) in [6.45, 7) is 5.80. The third kappa shape index (κ3) is 3.94. The van der Waals surface area contributed by atoms with Gasteiger partial charge < -0.3 is 9.84 Å². The molecule has 1 atom stereocenters. The number of carbonyl (C=O) groups excluding carboxylic acids is 2. The third-order valence-corrected chi connectivity index (χ3v) is 5.97. The van der Waals surface area contributed by atoms with Crippen LogP contribution in [0.1, 0.15) is 48.2 Å². The number of aliphatic hydroxyl groups is 1. The highest BCUT2D eigenvalue weighted by Crippen LogP contribution is 2.42. The average molecular weight is 461 g/mol. The number of Topliss-reactive ketones (excluding diaryl/α,β-unsaturated/α-hetero) is 1. The maximum atomic E-state index is 13.6. The zero-order valence-electron chi connectivity index (χ0n) is 19.4. The number of benzene rings is 2. The molecule has 1 saturated heterocycles. The number of nitrogens with zero attached hydrogens (tertiary/aromatic N) is 2. The molecule has 1 aliphatic rings. The first-order valence-corrected chi connectivity index (χ1v) is 10.9. The van der Waals surface area contributed by atoms with Crippen molar-refractivity contribution in [3.05, 3.63) is 94.6 Å². The molecule has 7 heteroatoms. The molecule has 1 amide bonds. The molecule has 1 aliphatic heterocycles. The van der Waals surface area contributed by atoms with E-state index in [2.05, 4.69) is 4.98 Å². The van der Waals surface area contributed by atoms with Crippen molar-refractivity contribution in [1.29, 1.82) is 0 Å². The third-order valence-electron chi connectivity index (χ3n) is 5.97. The minimum atomic E-state index is -0.976. The van der Waals surface area contributed by atoms with E-state index in [0.717, 1.165) is 5.56 Å². The summed E-state index contributed by atoms with van der Waals surface area (Å²) in [7, 11) is 1.58. The number of hydrogen-bond acceptors (Lipinski definition) is 5. The minimum Gasteiger partial charge on any atom is -0.507 e. The number of aliphatic hydroxyl groups excluding tert-OH is 1. The van der Waals surface area contributed by atoms with Crippen LogP contribution in [-0.2, 0) is 9.59 Å². The molecule has 0 spiro atoms. The number of ether oxygens (including phenoxy) is 1. The van der Waals surface area contributed by atoms with Gasteiger partial charge >= 0.3 is 0 Å². The van der Waals surface area contributed by atoms with Crippen LogP contribution in [0.4, 0.5) is 10.1 Å². The number of pyridine rings is 1. The van der Waals surface area contributed by atoms with E-state index in [4.69, 9.17) is 4.74 Å². The van der Waals surface area contributed by atoms with E-state index in [1.807, 2.05) is 13.8 Å². The van der Waals surface area contributed by atoms with E-state index in [0.29, 0.717) is 28.3 Å². The lowest BCUT2D eigenvalue weighted by atomic mass is 9.92. The topological polar surface area (TPSA) is 79.7 Å². The predicted molar refractivity (Wildman–Crippen MR) is 127 cm³/mol. The molecular formula is C27H25FN2O4. The molecular weight excluding hydrogens is 435 g/mol. The average Bonchev–Trinajstić information content (AvgIpc) is 3.09. The summed E-state index contributed by atoms with van der Waals surface area (Å²) in [6, 6.07) is 13.0. The maximum absolute atomic E-state index is 13.6. The van der Waals surface area contributed by atoms with Crippen molar-refractivity contribution in [1.82, 2.24) is 4.98 Å². The van der Waals surface area contributed by atoms with E-state index >= 15 is 0 Å². The first-order valence-electron chi connectivity index (χ1n) is 10.9. The highest BCUT2D eigenvalue weighted by molar-refractivity contribution is 6.51. The van der Waals surface area contributed by atoms with E-state index in [9.17, 15) is 19.1 Å². The Morgan fingerprint density at radius 3 is 2.41 bits per heavy atom. The van der Waals surface area contributed by atoms with Crippen LogP contribution in [0.3, 0.4) is 0 Å². The summed E-state index contributed by atoms with van der Waals surface area (Å²) >= 11 is 0. The second-order valence-corrected chi connectivity index (χ2v) is 8.46. The zero-order chi connectivity index (χ0) is 24.6. The quantitative estimate of drug-likeness (QED) is 0.318. The molecule has 0 radical (unpaired) electrons. The van der Waals surface area contributed by atoms with Crippen molar-refractivity contribution >= 4 is 23.1 Å². The van der Waals surface area contributed by atoms with Gasteiger partial charge in [0.05, 0.1) is 18.4 Å². The van der Waals surface area contributed by atoms with Crippen molar-refractivity contribution in [3.63, 3.8) is 0 Å². The molecule has 1 unspecified atom stereocenters.